The van der Waals surface area contributed by atoms with Crippen molar-refractivity contribution >= 4 is 21.6 Å². The van der Waals surface area contributed by atoms with E-state index >= 15 is 0 Å². The average molecular weight is 432 g/mol. The van der Waals surface area contributed by atoms with Crippen molar-refractivity contribution in [2.75, 3.05) is 18.4 Å². The monoisotopic (exact) mass is 431 g/mol. The van der Waals surface area contributed by atoms with E-state index in [0.717, 1.165) is 11.3 Å². The number of carbonyl (C=O) groups is 1. The lowest BCUT2D eigenvalue weighted by Crippen LogP contribution is -2.52. The molecule has 4 rings (SSSR count). The topological polar surface area (TPSA) is 91.7 Å². The third kappa shape index (κ3) is 3.86. The zero-order valence-corrected chi connectivity index (χ0v) is 18.7. The molecule has 1 aromatic heterocycles. The van der Waals surface area contributed by atoms with Crippen LogP contribution in [0.4, 0.5) is 5.69 Å². The molecule has 2 aliphatic heterocycles. The van der Waals surface area contributed by atoms with Gasteiger partial charge in [0.15, 0.2) is 5.76 Å². The summed E-state index contributed by atoms with van der Waals surface area (Å²) in [6.45, 7) is 9.20. The number of sulfonamides is 1. The van der Waals surface area contributed by atoms with Crippen LogP contribution in [0.3, 0.4) is 0 Å². The van der Waals surface area contributed by atoms with Crippen molar-refractivity contribution in [3.8, 4) is 0 Å². The molecule has 0 aliphatic carbocycles. The molecule has 1 fully saturated rings. The van der Waals surface area contributed by atoms with Crippen LogP contribution in [-0.2, 0) is 15.4 Å². The molecule has 7 nitrogen and oxygen atoms in total. The molecule has 0 spiro atoms. The molecule has 2 aliphatic rings. The van der Waals surface area contributed by atoms with Crippen LogP contribution in [0.1, 0.15) is 55.5 Å². The van der Waals surface area contributed by atoms with Gasteiger partial charge >= 0.3 is 0 Å². The largest absolute Gasteiger partial charge is 0.455 e. The lowest BCUT2D eigenvalue weighted by atomic mass is 9.93. The number of piperidine rings is 1. The van der Waals surface area contributed by atoms with Gasteiger partial charge in [-0.25, -0.2) is 8.42 Å². The molecule has 1 saturated heterocycles. The van der Waals surface area contributed by atoms with Crippen LogP contribution in [0, 0.1) is 12.8 Å². The van der Waals surface area contributed by atoms with Crippen molar-refractivity contribution < 1.29 is 17.6 Å². The molecule has 1 amide bonds. The number of benzene rings is 1. The fraction of sp³-hybridized carbons (Fsp3) is 0.500. The number of nitrogens with one attached hydrogen (secondary N) is 2. The highest BCUT2D eigenvalue weighted by molar-refractivity contribution is 7.89. The number of aryl methyl sites for hydroxylation is 1. The average Bonchev–Trinajstić information content (AvgIpc) is 3.09. The highest BCUT2D eigenvalue weighted by Crippen LogP contribution is 2.32. The Balaban J connectivity index is 1.44. The summed E-state index contributed by atoms with van der Waals surface area (Å²) in [6, 6.07) is 8.86. The van der Waals surface area contributed by atoms with Crippen LogP contribution in [0.15, 0.2) is 39.6 Å². The number of para-hydroxylation sites is 1. The number of hydrogen-bond donors (Lipinski definition) is 2. The number of anilines is 1. The van der Waals surface area contributed by atoms with E-state index in [2.05, 4.69) is 30.8 Å². The maximum absolute atomic E-state index is 13.0. The van der Waals surface area contributed by atoms with E-state index in [9.17, 15) is 13.2 Å². The lowest BCUT2D eigenvalue weighted by molar-refractivity contribution is 0.0643. The third-order valence-corrected chi connectivity index (χ3v) is 7.42. The zero-order chi connectivity index (χ0) is 21.7. The Morgan fingerprint density at radius 2 is 1.83 bits per heavy atom. The van der Waals surface area contributed by atoms with Crippen LogP contribution in [-0.4, -0.2) is 38.5 Å². The second-order valence-electron chi connectivity index (χ2n) is 9.24. The van der Waals surface area contributed by atoms with E-state index in [-0.39, 0.29) is 28.3 Å². The Morgan fingerprint density at radius 3 is 2.47 bits per heavy atom. The Labute approximate surface area is 177 Å². The maximum atomic E-state index is 13.0. The van der Waals surface area contributed by atoms with Crippen LogP contribution < -0.4 is 10.0 Å². The van der Waals surface area contributed by atoms with Gasteiger partial charge in [0.2, 0.25) is 10.0 Å². The first kappa shape index (κ1) is 20.9. The molecule has 0 bridgehead atoms. The molecule has 0 radical (unpaired) electrons. The summed E-state index contributed by atoms with van der Waals surface area (Å²) in [5.41, 5.74) is 1.32. The fourth-order valence-electron chi connectivity index (χ4n) is 4.11. The van der Waals surface area contributed by atoms with Crippen molar-refractivity contribution in [2.45, 2.75) is 57.0 Å². The first-order valence-corrected chi connectivity index (χ1v) is 11.8. The highest BCUT2D eigenvalue weighted by atomic mass is 32.2. The number of nitrogens with zero attached hydrogens (tertiary/aromatic N) is 1. The molecule has 162 valence electrons. The third-order valence-electron chi connectivity index (χ3n) is 5.92. The predicted molar refractivity (Wildman–Crippen MR) is 115 cm³/mol. The summed E-state index contributed by atoms with van der Waals surface area (Å²) in [5, 5.41) is 3.31. The standard InChI is InChI=1S/C22H29N3O4S/c1-14-13-18(22(2,3)4)29-19(14)21(26)25-11-9-15(10-12-25)20-23-16-7-5-6-8-17(16)30(27,28)24-20/h5-8,13,15,20,23-24H,9-12H2,1-4H3. The van der Waals surface area contributed by atoms with Crippen LogP contribution in [0.5, 0.6) is 0 Å². The minimum absolute atomic E-state index is 0.0935. The van der Waals surface area contributed by atoms with E-state index in [1.807, 2.05) is 19.1 Å². The maximum Gasteiger partial charge on any atom is 0.289 e. The molecule has 1 aromatic carbocycles. The van der Waals surface area contributed by atoms with Crippen molar-refractivity contribution in [3.63, 3.8) is 0 Å². The Kier molecular flexibility index (Phi) is 5.18. The number of carbonyl (C=O) groups excluding carboxylic acids is 1. The van der Waals surface area contributed by atoms with Gasteiger partial charge in [0.05, 0.1) is 11.9 Å². The van der Waals surface area contributed by atoms with Gasteiger partial charge in [-0.3, -0.25) is 4.79 Å². The molecule has 1 atom stereocenters. The Hall–Kier alpha value is -2.32. The number of rotatable bonds is 2. The number of furan rings is 1. The van der Waals surface area contributed by atoms with Crippen LogP contribution in [0.25, 0.3) is 0 Å². The van der Waals surface area contributed by atoms with Gasteiger partial charge in [0.1, 0.15) is 10.7 Å². The molecule has 0 saturated carbocycles. The second-order valence-corrected chi connectivity index (χ2v) is 10.9. The highest BCUT2D eigenvalue weighted by Gasteiger charge is 2.36. The molecule has 30 heavy (non-hydrogen) atoms. The van der Waals surface area contributed by atoms with Crippen molar-refractivity contribution in [3.05, 3.63) is 47.4 Å². The molecule has 8 heteroatoms. The van der Waals surface area contributed by atoms with Gasteiger partial charge in [-0.1, -0.05) is 32.9 Å². The SMILES string of the molecule is Cc1cc(C(C)(C)C)oc1C(=O)N1CCC(C2Nc3ccccc3S(=O)(=O)N2)CC1. The predicted octanol–water partition coefficient (Wildman–Crippen LogP) is 3.47. The molecular formula is C22H29N3O4S. The normalized spacial score (nSPS) is 21.7. The number of hydrogen-bond acceptors (Lipinski definition) is 5. The number of likely N-dealkylation sites (tertiary alicyclic amines) is 1. The summed E-state index contributed by atoms with van der Waals surface area (Å²) in [7, 11) is -3.54. The molecule has 3 heterocycles. The van der Waals surface area contributed by atoms with Gasteiger partial charge in [-0.15, -0.1) is 0 Å². The van der Waals surface area contributed by atoms with Crippen molar-refractivity contribution in [1.29, 1.82) is 0 Å². The molecule has 2 N–H and O–H groups in total. The van der Waals surface area contributed by atoms with Crippen molar-refractivity contribution in [1.82, 2.24) is 9.62 Å². The van der Waals surface area contributed by atoms with Gasteiger partial charge in [-0.05, 0) is 43.9 Å². The lowest BCUT2D eigenvalue weighted by Gasteiger charge is -2.38. The van der Waals surface area contributed by atoms with Gasteiger partial charge in [0.25, 0.3) is 5.91 Å². The minimum atomic E-state index is -3.54. The Morgan fingerprint density at radius 1 is 1.17 bits per heavy atom. The summed E-state index contributed by atoms with van der Waals surface area (Å²) in [5.74, 6) is 1.21. The molecular weight excluding hydrogens is 402 g/mol. The summed E-state index contributed by atoms with van der Waals surface area (Å²) in [4.78, 5) is 15.1. The van der Waals surface area contributed by atoms with Crippen molar-refractivity contribution in [2.24, 2.45) is 5.92 Å². The van der Waals surface area contributed by atoms with Crippen LogP contribution >= 0.6 is 0 Å². The quantitative estimate of drug-likeness (QED) is 0.760. The minimum Gasteiger partial charge on any atom is -0.455 e. The smallest absolute Gasteiger partial charge is 0.289 e. The summed E-state index contributed by atoms with van der Waals surface area (Å²) >= 11 is 0. The van der Waals surface area contributed by atoms with Gasteiger partial charge in [-0.2, -0.15) is 4.72 Å². The summed E-state index contributed by atoms with van der Waals surface area (Å²) in [6.07, 6.45) is 1.04. The molecule has 1 unspecified atom stereocenters. The van der Waals surface area contributed by atoms with E-state index in [4.69, 9.17) is 4.42 Å². The zero-order valence-electron chi connectivity index (χ0n) is 17.9. The van der Waals surface area contributed by atoms with Crippen LogP contribution in [0.2, 0.25) is 0 Å². The van der Waals surface area contributed by atoms with E-state index in [1.165, 1.54) is 0 Å². The second kappa shape index (κ2) is 7.42. The summed E-state index contributed by atoms with van der Waals surface area (Å²) < 4.78 is 33.8. The van der Waals surface area contributed by atoms with E-state index < -0.39 is 10.0 Å². The number of amides is 1. The first-order chi connectivity index (χ1) is 14.1. The van der Waals surface area contributed by atoms with Gasteiger partial charge < -0.3 is 14.6 Å². The van der Waals surface area contributed by atoms with E-state index in [0.29, 0.717) is 37.4 Å². The van der Waals surface area contributed by atoms with Gasteiger partial charge in [0, 0.05) is 24.1 Å². The fourth-order valence-corrected chi connectivity index (χ4v) is 5.49. The van der Waals surface area contributed by atoms with E-state index in [1.54, 1.807) is 23.1 Å². The Bertz CT molecular complexity index is 1060. The molecule has 2 aromatic rings. The first-order valence-electron chi connectivity index (χ1n) is 10.3. The number of fused-ring (bicyclic) bond motifs is 1.